The fourth-order valence-corrected chi connectivity index (χ4v) is 4.36. The highest BCUT2D eigenvalue weighted by Crippen LogP contribution is 2.17. The van der Waals surface area contributed by atoms with E-state index in [2.05, 4.69) is 89.9 Å². The maximum absolute atomic E-state index is 11.5. The smallest absolute Gasteiger partial charge is 0.162 e. The van der Waals surface area contributed by atoms with Gasteiger partial charge in [0.1, 0.15) is 11.6 Å². The molecular weight excluding hydrogens is 557 g/mol. The standard InChI is InChI=1S/C13H24O2S2.C9H8.C7H8O2.C3H8S.CH4/c1-10(2)16-7-5-12(14)9-13(15)6-8-17-11(3)4;1-2-5-9-7-3-6-8(9)4-1;1-3-6(8)5-7(9)4-2;1-3(2)4;/h10-11H,5-9H2,1-4H3;1-6H,7H2;3-4H,1-2,5H2;3-4H,1-2H3;1H4. The van der Waals surface area contributed by atoms with E-state index in [0.717, 1.165) is 30.1 Å². The molecular formula is C33H52O4S3. The number of Topliss-reactive ketones (excluding diaryl/α,β-unsaturated/α-hetero) is 2. The quantitative estimate of drug-likeness (QED) is 0.129. The number of rotatable bonds is 14. The highest BCUT2D eigenvalue weighted by atomic mass is 32.2. The zero-order valence-electron chi connectivity index (χ0n) is 24.6. The van der Waals surface area contributed by atoms with Crippen LogP contribution < -0.4 is 0 Å². The largest absolute Gasteiger partial charge is 0.299 e. The molecule has 0 aliphatic heterocycles. The van der Waals surface area contributed by atoms with E-state index in [4.69, 9.17) is 0 Å². The second kappa shape index (κ2) is 27.3. The third-order valence-corrected chi connectivity index (χ3v) is 6.77. The number of benzene rings is 1. The molecule has 0 radical (unpaired) electrons. The number of thiol groups is 1. The van der Waals surface area contributed by atoms with Gasteiger partial charge in [-0.15, -0.1) is 0 Å². The van der Waals surface area contributed by atoms with Crippen LogP contribution in [-0.4, -0.2) is 50.4 Å². The molecule has 226 valence electrons. The van der Waals surface area contributed by atoms with E-state index in [1.165, 1.54) is 11.1 Å². The number of carbonyl (C=O) groups is 4. The molecule has 0 atom stereocenters. The minimum atomic E-state index is -0.264. The molecule has 1 aromatic carbocycles. The van der Waals surface area contributed by atoms with Crippen LogP contribution in [0.5, 0.6) is 0 Å². The van der Waals surface area contributed by atoms with Crippen LogP contribution in [0.2, 0.25) is 0 Å². The number of fused-ring (bicyclic) bond motifs is 1. The Morgan fingerprint density at radius 2 is 1.25 bits per heavy atom. The molecule has 0 fully saturated rings. The SMILES string of the molecule is C.C1=Cc2ccccc2C1.C=CC(=O)CC(=O)C=C.CC(C)S.CC(C)SCCC(=O)CC(=O)CCSC(C)C. The van der Waals surface area contributed by atoms with Crippen LogP contribution >= 0.6 is 36.2 Å². The number of ketones is 4. The molecule has 0 saturated carbocycles. The van der Waals surface area contributed by atoms with E-state index < -0.39 is 0 Å². The maximum Gasteiger partial charge on any atom is 0.162 e. The van der Waals surface area contributed by atoms with Gasteiger partial charge in [-0.05, 0) is 45.4 Å². The minimum absolute atomic E-state index is 0. The topological polar surface area (TPSA) is 68.3 Å². The zero-order valence-corrected chi connectivity index (χ0v) is 27.1. The fourth-order valence-electron chi connectivity index (χ4n) is 2.73. The summed E-state index contributed by atoms with van der Waals surface area (Å²) in [7, 11) is 0. The number of allylic oxidation sites excluding steroid dienone is 3. The number of hydrogen-bond donors (Lipinski definition) is 1. The van der Waals surface area contributed by atoms with Gasteiger partial charge in [-0.2, -0.15) is 36.2 Å². The third-order valence-electron chi connectivity index (χ3n) is 4.55. The Hall–Kier alpha value is -1.83. The Labute approximate surface area is 258 Å². The maximum atomic E-state index is 11.5. The Morgan fingerprint density at radius 3 is 1.62 bits per heavy atom. The Balaban J connectivity index is -0.000000503. The summed E-state index contributed by atoms with van der Waals surface area (Å²) >= 11 is 7.51. The molecule has 0 saturated heterocycles. The van der Waals surface area contributed by atoms with E-state index in [1.54, 1.807) is 23.5 Å². The first-order valence-electron chi connectivity index (χ1n) is 13.3. The molecule has 2 rings (SSSR count). The molecule has 0 aromatic heterocycles. The fraction of sp³-hybridized carbons (Fsp3) is 0.515. The highest BCUT2D eigenvalue weighted by Gasteiger charge is 2.10. The van der Waals surface area contributed by atoms with Gasteiger partial charge in [0, 0.05) is 24.3 Å². The summed E-state index contributed by atoms with van der Waals surface area (Å²) in [4.78, 5) is 43.8. The van der Waals surface area contributed by atoms with Crippen molar-refractivity contribution in [3.63, 3.8) is 0 Å². The van der Waals surface area contributed by atoms with Crippen LogP contribution in [0.15, 0.2) is 55.7 Å². The molecule has 0 amide bonds. The second-order valence-electron chi connectivity index (χ2n) is 9.51. The number of thioether (sulfide) groups is 2. The lowest BCUT2D eigenvalue weighted by atomic mass is 10.1. The van der Waals surface area contributed by atoms with Crippen molar-refractivity contribution in [2.24, 2.45) is 0 Å². The van der Waals surface area contributed by atoms with Crippen molar-refractivity contribution in [3.8, 4) is 0 Å². The molecule has 7 heteroatoms. The molecule has 0 N–H and O–H groups in total. The Bertz CT molecular complexity index is 873. The van der Waals surface area contributed by atoms with Gasteiger partial charge in [-0.3, -0.25) is 19.2 Å². The van der Waals surface area contributed by atoms with E-state index in [-0.39, 0.29) is 43.4 Å². The summed E-state index contributed by atoms with van der Waals surface area (Å²) in [5, 5.41) is 1.64. The normalized spacial score (nSPS) is 10.6. The average molecular weight is 609 g/mol. The van der Waals surface area contributed by atoms with Crippen molar-refractivity contribution >= 4 is 65.4 Å². The van der Waals surface area contributed by atoms with E-state index in [9.17, 15) is 19.2 Å². The molecule has 0 bridgehead atoms. The molecule has 1 aliphatic rings. The van der Waals surface area contributed by atoms with Crippen molar-refractivity contribution in [3.05, 3.63) is 66.8 Å². The van der Waals surface area contributed by atoms with Gasteiger partial charge in [0.2, 0.25) is 0 Å². The van der Waals surface area contributed by atoms with Gasteiger partial charge in [-0.1, -0.05) is 98.5 Å². The molecule has 1 aromatic rings. The van der Waals surface area contributed by atoms with E-state index >= 15 is 0 Å². The van der Waals surface area contributed by atoms with Crippen molar-refractivity contribution in [1.82, 2.24) is 0 Å². The first-order valence-corrected chi connectivity index (χ1v) is 15.9. The van der Waals surface area contributed by atoms with Crippen LogP contribution in [0.25, 0.3) is 6.08 Å². The lowest BCUT2D eigenvalue weighted by Gasteiger charge is -2.05. The summed E-state index contributed by atoms with van der Waals surface area (Å²) < 4.78 is 0. The molecule has 40 heavy (non-hydrogen) atoms. The lowest BCUT2D eigenvalue weighted by molar-refractivity contribution is -0.127. The average Bonchev–Trinajstić information content (AvgIpc) is 3.33. The van der Waals surface area contributed by atoms with Crippen LogP contribution in [0.1, 0.15) is 85.8 Å². The van der Waals surface area contributed by atoms with Crippen molar-refractivity contribution in [1.29, 1.82) is 0 Å². The second-order valence-corrected chi connectivity index (χ2v) is 13.9. The number of carbonyl (C=O) groups excluding carboxylic acids is 4. The first kappa shape index (κ1) is 42.6. The predicted octanol–water partition coefficient (Wildman–Crippen LogP) is 8.68. The summed E-state index contributed by atoms with van der Waals surface area (Å²) in [6.07, 6.45) is 8.85. The summed E-state index contributed by atoms with van der Waals surface area (Å²) in [5.74, 6) is 1.34. The first-order chi connectivity index (χ1) is 18.3. The van der Waals surface area contributed by atoms with Crippen molar-refractivity contribution < 1.29 is 19.2 Å². The summed E-state index contributed by atoms with van der Waals surface area (Å²) in [6.45, 7) is 18.9. The third kappa shape index (κ3) is 29.2. The van der Waals surface area contributed by atoms with Gasteiger partial charge in [-0.25, -0.2) is 0 Å². The van der Waals surface area contributed by atoms with Gasteiger partial charge in [0.15, 0.2) is 11.6 Å². The van der Waals surface area contributed by atoms with Crippen LogP contribution in [0, 0.1) is 0 Å². The van der Waals surface area contributed by atoms with Crippen molar-refractivity contribution in [2.45, 2.75) is 96.8 Å². The minimum Gasteiger partial charge on any atom is -0.299 e. The Kier molecular flexibility index (Phi) is 29.1. The lowest BCUT2D eigenvalue weighted by Crippen LogP contribution is -2.10. The zero-order chi connectivity index (χ0) is 30.2. The highest BCUT2D eigenvalue weighted by molar-refractivity contribution is 8.00. The molecule has 4 nitrogen and oxygen atoms in total. The molecule has 0 unspecified atom stereocenters. The van der Waals surface area contributed by atoms with E-state index in [1.807, 2.05) is 13.8 Å². The monoisotopic (exact) mass is 608 g/mol. The Morgan fingerprint density at radius 1 is 0.825 bits per heavy atom. The predicted molar refractivity (Wildman–Crippen MR) is 184 cm³/mol. The van der Waals surface area contributed by atoms with Crippen LogP contribution in [0.4, 0.5) is 0 Å². The molecule has 0 spiro atoms. The van der Waals surface area contributed by atoms with Crippen molar-refractivity contribution in [2.75, 3.05) is 11.5 Å². The van der Waals surface area contributed by atoms with Crippen LogP contribution in [0.3, 0.4) is 0 Å². The molecule has 1 aliphatic carbocycles. The summed E-state index contributed by atoms with van der Waals surface area (Å²) in [5.41, 5.74) is 2.84. The van der Waals surface area contributed by atoms with E-state index in [0.29, 0.717) is 28.6 Å². The molecule has 0 heterocycles. The number of hydrogen-bond acceptors (Lipinski definition) is 7. The van der Waals surface area contributed by atoms with Crippen LogP contribution in [-0.2, 0) is 25.6 Å². The summed E-state index contributed by atoms with van der Waals surface area (Å²) in [6, 6.07) is 8.49. The van der Waals surface area contributed by atoms with Gasteiger partial charge in [0.25, 0.3) is 0 Å². The van der Waals surface area contributed by atoms with Gasteiger partial charge >= 0.3 is 0 Å². The van der Waals surface area contributed by atoms with Gasteiger partial charge in [0.05, 0.1) is 12.8 Å². The van der Waals surface area contributed by atoms with Gasteiger partial charge < -0.3 is 0 Å².